The molecule has 0 atom stereocenters. The summed E-state index contributed by atoms with van der Waals surface area (Å²) in [6, 6.07) is 2.10. The van der Waals surface area contributed by atoms with Crippen LogP contribution in [0.4, 0.5) is 0 Å². The van der Waals surface area contributed by atoms with E-state index in [9.17, 15) is 4.79 Å². The quantitative estimate of drug-likeness (QED) is 0.605. The fraction of sp³-hybridized carbons (Fsp3) is 0.778. The molecule has 4 nitrogen and oxygen atoms in total. The van der Waals surface area contributed by atoms with Crippen molar-refractivity contribution >= 4 is 5.91 Å². The lowest BCUT2D eigenvalue weighted by atomic mass is 10.2. The number of carbonyl (C=O) groups is 1. The van der Waals surface area contributed by atoms with Crippen LogP contribution in [0.5, 0.6) is 0 Å². The van der Waals surface area contributed by atoms with Gasteiger partial charge in [0.25, 0.3) is 0 Å². The normalized spacial score (nSPS) is 9.69. The van der Waals surface area contributed by atoms with Gasteiger partial charge in [-0.2, -0.15) is 5.26 Å². The molecule has 0 bridgehead atoms. The summed E-state index contributed by atoms with van der Waals surface area (Å²) in [5, 5.41) is 10.9. The van der Waals surface area contributed by atoms with Crippen LogP contribution < -0.4 is 5.32 Å². The molecule has 0 unspecified atom stereocenters. The summed E-state index contributed by atoms with van der Waals surface area (Å²) in [6.45, 7) is 1.30. The third-order valence-corrected chi connectivity index (χ3v) is 1.77. The molecule has 0 spiro atoms. The van der Waals surface area contributed by atoms with E-state index in [0.717, 1.165) is 19.4 Å². The molecule has 0 saturated carbocycles. The van der Waals surface area contributed by atoms with Gasteiger partial charge < -0.3 is 5.32 Å². The van der Waals surface area contributed by atoms with Crippen LogP contribution in [-0.4, -0.2) is 38.0 Å². The van der Waals surface area contributed by atoms with E-state index >= 15 is 0 Å². The number of nitriles is 1. The highest BCUT2D eigenvalue weighted by atomic mass is 16.1. The molecule has 0 radical (unpaired) electrons. The lowest BCUT2D eigenvalue weighted by Gasteiger charge is -2.14. The molecule has 1 amide bonds. The zero-order valence-corrected chi connectivity index (χ0v) is 8.34. The van der Waals surface area contributed by atoms with Crippen molar-refractivity contribution in [1.29, 1.82) is 5.26 Å². The van der Waals surface area contributed by atoms with Crippen LogP contribution in [0.3, 0.4) is 0 Å². The standard InChI is InChI=1S/C9H17N3O/c1-11-9(13)8-12(2)7-5-3-4-6-10/h3-5,7-8H2,1-2H3,(H,11,13). The van der Waals surface area contributed by atoms with Crippen molar-refractivity contribution in [3.05, 3.63) is 0 Å². The number of rotatable bonds is 6. The van der Waals surface area contributed by atoms with Gasteiger partial charge >= 0.3 is 0 Å². The number of hydrogen-bond acceptors (Lipinski definition) is 3. The van der Waals surface area contributed by atoms with Crippen molar-refractivity contribution in [2.24, 2.45) is 0 Å². The third kappa shape index (κ3) is 7.29. The Labute approximate surface area is 79.5 Å². The van der Waals surface area contributed by atoms with E-state index in [-0.39, 0.29) is 5.91 Å². The Morgan fingerprint density at radius 2 is 2.23 bits per heavy atom. The molecule has 0 aromatic heterocycles. The second kappa shape index (κ2) is 7.56. The number of carbonyl (C=O) groups excluding carboxylic acids is 1. The molecule has 0 rings (SSSR count). The number of nitrogens with zero attached hydrogens (tertiary/aromatic N) is 2. The maximum atomic E-state index is 10.9. The molecule has 1 N–H and O–H groups in total. The van der Waals surface area contributed by atoms with E-state index in [2.05, 4.69) is 11.4 Å². The monoisotopic (exact) mass is 183 g/mol. The Bertz CT molecular complexity index is 186. The average Bonchev–Trinajstić information content (AvgIpc) is 2.12. The smallest absolute Gasteiger partial charge is 0.233 e. The van der Waals surface area contributed by atoms with E-state index in [1.54, 1.807) is 7.05 Å². The van der Waals surface area contributed by atoms with E-state index in [4.69, 9.17) is 5.26 Å². The predicted molar refractivity (Wildman–Crippen MR) is 51.0 cm³/mol. The van der Waals surface area contributed by atoms with Crippen LogP contribution in [0, 0.1) is 11.3 Å². The Kier molecular flexibility index (Phi) is 6.93. The van der Waals surface area contributed by atoms with Crippen molar-refractivity contribution in [1.82, 2.24) is 10.2 Å². The largest absolute Gasteiger partial charge is 0.358 e. The highest BCUT2D eigenvalue weighted by molar-refractivity contribution is 5.77. The van der Waals surface area contributed by atoms with Gasteiger partial charge in [0.15, 0.2) is 0 Å². The first-order valence-electron chi connectivity index (χ1n) is 4.46. The van der Waals surface area contributed by atoms with E-state index in [0.29, 0.717) is 13.0 Å². The maximum absolute atomic E-state index is 10.9. The number of hydrogen-bond donors (Lipinski definition) is 1. The topological polar surface area (TPSA) is 56.1 Å². The Balaban J connectivity index is 3.36. The van der Waals surface area contributed by atoms with Gasteiger partial charge in [-0.25, -0.2) is 0 Å². The molecular formula is C9H17N3O. The number of nitrogens with one attached hydrogen (secondary N) is 1. The van der Waals surface area contributed by atoms with Gasteiger partial charge in [0, 0.05) is 13.5 Å². The lowest BCUT2D eigenvalue weighted by molar-refractivity contribution is -0.121. The molecule has 4 heteroatoms. The summed E-state index contributed by atoms with van der Waals surface area (Å²) in [6.07, 6.45) is 2.49. The van der Waals surface area contributed by atoms with Gasteiger partial charge in [-0.1, -0.05) is 0 Å². The molecule has 0 heterocycles. The molecule has 0 fully saturated rings. The molecule has 0 saturated heterocycles. The van der Waals surface area contributed by atoms with Crippen molar-refractivity contribution in [3.8, 4) is 6.07 Å². The van der Waals surface area contributed by atoms with Crippen LogP contribution >= 0.6 is 0 Å². The maximum Gasteiger partial charge on any atom is 0.233 e. The molecule has 0 aliphatic heterocycles. The minimum atomic E-state index is 0.0304. The first-order chi connectivity index (χ1) is 6.20. The van der Waals surface area contributed by atoms with Crippen LogP contribution in [0.25, 0.3) is 0 Å². The second-order valence-electron chi connectivity index (χ2n) is 3.03. The number of unbranched alkanes of at least 4 members (excludes halogenated alkanes) is 2. The zero-order valence-electron chi connectivity index (χ0n) is 8.34. The first kappa shape index (κ1) is 11.9. The molecule has 0 aliphatic carbocycles. The fourth-order valence-electron chi connectivity index (χ4n) is 0.989. The van der Waals surface area contributed by atoms with Crippen LogP contribution in [0.15, 0.2) is 0 Å². The van der Waals surface area contributed by atoms with Crippen LogP contribution in [-0.2, 0) is 4.79 Å². The van der Waals surface area contributed by atoms with Gasteiger partial charge in [-0.05, 0) is 26.4 Å². The summed E-state index contributed by atoms with van der Waals surface area (Å²) in [5.41, 5.74) is 0. The van der Waals surface area contributed by atoms with Gasteiger partial charge in [0.2, 0.25) is 5.91 Å². The SMILES string of the molecule is CNC(=O)CN(C)CCCCC#N. The molecule has 0 aliphatic rings. The Morgan fingerprint density at radius 1 is 1.54 bits per heavy atom. The minimum Gasteiger partial charge on any atom is -0.358 e. The van der Waals surface area contributed by atoms with Gasteiger partial charge in [-0.15, -0.1) is 0 Å². The summed E-state index contributed by atoms with van der Waals surface area (Å²) >= 11 is 0. The summed E-state index contributed by atoms with van der Waals surface area (Å²) < 4.78 is 0. The van der Waals surface area contributed by atoms with Crippen LogP contribution in [0.1, 0.15) is 19.3 Å². The second-order valence-corrected chi connectivity index (χ2v) is 3.03. The van der Waals surface area contributed by atoms with Crippen molar-refractivity contribution in [2.45, 2.75) is 19.3 Å². The third-order valence-electron chi connectivity index (χ3n) is 1.77. The van der Waals surface area contributed by atoms with E-state index < -0.39 is 0 Å². The molecular weight excluding hydrogens is 166 g/mol. The van der Waals surface area contributed by atoms with Gasteiger partial charge in [0.05, 0.1) is 12.6 Å². The summed E-state index contributed by atoms with van der Waals surface area (Å²) in [4.78, 5) is 12.9. The van der Waals surface area contributed by atoms with E-state index in [1.165, 1.54) is 0 Å². The average molecular weight is 183 g/mol. The fourth-order valence-corrected chi connectivity index (χ4v) is 0.989. The Hall–Kier alpha value is -1.08. The minimum absolute atomic E-state index is 0.0304. The summed E-state index contributed by atoms with van der Waals surface area (Å²) in [5.74, 6) is 0.0304. The molecule has 74 valence electrons. The van der Waals surface area contributed by atoms with Crippen LogP contribution in [0.2, 0.25) is 0 Å². The van der Waals surface area contributed by atoms with Crippen molar-refractivity contribution in [3.63, 3.8) is 0 Å². The zero-order chi connectivity index (χ0) is 10.1. The van der Waals surface area contributed by atoms with E-state index in [1.807, 2.05) is 11.9 Å². The van der Waals surface area contributed by atoms with Crippen molar-refractivity contribution in [2.75, 3.05) is 27.2 Å². The predicted octanol–water partition coefficient (Wildman–Crippen LogP) is 0.358. The number of amides is 1. The highest BCUT2D eigenvalue weighted by Gasteiger charge is 2.02. The number of likely N-dealkylation sites (N-methyl/N-ethyl adjacent to an activating group) is 2. The highest BCUT2D eigenvalue weighted by Crippen LogP contribution is 1.95. The molecule has 0 aromatic carbocycles. The van der Waals surface area contributed by atoms with Gasteiger partial charge in [0.1, 0.15) is 0 Å². The van der Waals surface area contributed by atoms with Gasteiger partial charge in [-0.3, -0.25) is 9.69 Å². The summed E-state index contributed by atoms with van der Waals surface area (Å²) in [7, 11) is 3.54. The Morgan fingerprint density at radius 3 is 2.77 bits per heavy atom. The molecule has 0 aromatic rings. The first-order valence-corrected chi connectivity index (χ1v) is 4.46. The van der Waals surface area contributed by atoms with Crippen molar-refractivity contribution < 1.29 is 4.79 Å². The lowest BCUT2D eigenvalue weighted by Crippen LogP contribution is -2.33. The molecule has 13 heavy (non-hydrogen) atoms.